The average Bonchev–Trinajstić information content (AvgIpc) is 1.90. The zero-order valence-electron chi connectivity index (χ0n) is 5.52. The molecular weight excluding hydrogens is 152 g/mol. The molecule has 0 heterocycles. The van der Waals surface area contributed by atoms with E-state index in [9.17, 15) is 0 Å². The molecule has 0 unspecified atom stereocenters. The molecule has 0 amide bonds. The maximum atomic E-state index is 5.91. The molecule has 0 spiro atoms. The monoisotopic (exact) mass is 164 g/mol. The molecule has 0 saturated heterocycles. The second kappa shape index (κ2) is 3.72. The molecule has 9 heavy (non-hydrogen) atoms. The summed E-state index contributed by atoms with van der Waals surface area (Å²) in [6, 6.07) is 0. The molecule has 2 heteroatoms. The van der Waals surface area contributed by atoms with Gasteiger partial charge in [-0.05, 0) is 37.4 Å². The minimum atomic E-state index is 0.459. The standard InChI is InChI=1S/C7H13ClS/c8-7-3-1-6(5-9)2-4-7/h6-7,9H,1-5H2. The highest BCUT2D eigenvalue weighted by Crippen LogP contribution is 2.27. The first-order chi connectivity index (χ1) is 4.33. The Labute approximate surface area is 67.4 Å². The lowest BCUT2D eigenvalue weighted by molar-refractivity contribution is 0.396. The topological polar surface area (TPSA) is 0 Å². The molecule has 0 nitrogen and oxygen atoms in total. The molecule has 1 fully saturated rings. The molecule has 1 saturated carbocycles. The summed E-state index contributed by atoms with van der Waals surface area (Å²) in [5, 5.41) is 0.459. The van der Waals surface area contributed by atoms with Gasteiger partial charge >= 0.3 is 0 Å². The van der Waals surface area contributed by atoms with Crippen LogP contribution >= 0.6 is 24.2 Å². The van der Waals surface area contributed by atoms with Crippen molar-refractivity contribution in [3.05, 3.63) is 0 Å². The van der Waals surface area contributed by atoms with Gasteiger partial charge in [-0.25, -0.2) is 0 Å². The van der Waals surface area contributed by atoms with Crippen LogP contribution in [0.1, 0.15) is 25.7 Å². The summed E-state index contributed by atoms with van der Waals surface area (Å²) in [4.78, 5) is 0. The second-order valence-electron chi connectivity index (χ2n) is 2.80. The molecule has 1 rings (SSSR count). The van der Waals surface area contributed by atoms with E-state index in [0.29, 0.717) is 5.38 Å². The predicted octanol–water partition coefficient (Wildman–Crippen LogP) is 2.71. The minimum absolute atomic E-state index is 0.459. The van der Waals surface area contributed by atoms with Gasteiger partial charge in [0.2, 0.25) is 0 Å². The fraction of sp³-hybridized carbons (Fsp3) is 1.00. The van der Waals surface area contributed by atoms with Crippen molar-refractivity contribution in [2.75, 3.05) is 5.75 Å². The van der Waals surface area contributed by atoms with Gasteiger partial charge in [0.25, 0.3) is 0 Å². The normalized spacial score (nSPS) is 36.7. The average molecular weight is 165 g/mol. The quantitative estimate of drug-likeness (QED) is 0.447. The van der Waals surface area contributed by atoms with Gasteiger partial charge in [0.15, 0.2) is 0 Å². The number of hydrogen-bond donors (Lipinski definition) is 1. The highest BCUT2D eigenvalue weighted by molar-refractivity contribution is 7.80. The van der Waals surface area contributed by atoms with E-state index in [2.05, 4.69) is 12.6 Å². The largest absolute Gasteiger partial charge is 0.179 e. The van der Waals surface area contributed by atoms with Crippen molar-refractivity contribution in [1.82, 2.24) is 0 Å². The molecule has 0 aromatic heterocycles. The van der Waals surface area contributed by atoms with E-state index in [4.69, 9.17) is 11.6 Å². The molecular formula is C7H13ClS. The van der Waals surface area contributed by atoms with Gasteiger partial charge in [0.05, 0.1) is 0 Å². The number of alkyl halides is 1. The number of rotatable bonds is 1. The van der Waals surface area contributed by atoms with E-state index in [1.165, 1.54) is 25.7 Å². The number of hydrogen-bond acceptors (Lipinski definition) is 1. The van der Waals surface area contributed by atoms with Crippen molar-refractivity contribution >= 4 is 24.2 Å². The van der Waals surface area contributed by atoms with Crippen LogP contribution in [0.15, 0.2) is 0 Å². The predicted molar refractivity (Wildman–Crippen MR) is 45.5 cm³/mol. The zero-order valence-corrected chi connectivity index (χ0v) is 7.17. The highest BCUT2D eigenvalue weighted by Gasteiger charge is 2.17. The lowest BCUT2D eigenvalue weighted by Crippen LogP contribution is -2.14. The third kappa shape index (κ3) is 2.38. The molecule has 1 aliphatic rings. The Hall–Kier alpha value is 0.640. The van der Waals surface area contributed by atoms with Crippen LogP contribution < -0.4 is 0 Å². The Bertz CT molecular complexity index is 77.0. The van der Waals surface area contributed by atoms with Crippen molar-refractivity contribution in [1.29, 1.82) is 0 Å². The van der Waals surface area contributed by atoms with Gasteiger partial charge < -0.3 is 0 Å². The van der Waals surface area contributed by atoms with Crippen molar-refractivity contribution in [2.24, 2.45) is 5.92 Å². The number of halogens is 1. The summed E-state index contributed by atoms with van der Waals surface area (Å²) in [5.41, 5.74) is 0. The van der Waals surface area contributed by atoms with E-state index >= 15 is 0 Å². The summed E-state index contributed by atoms with van der Waals surface area (Å²) >= 11 is 10.2. The Balaban J connectivity index is 2.18. The smallest absolute Gasteiger partial charge is 0.0336 e. The molecule has 0 aromatic carbocycles. The molecule has 0 N–H and O–H groups in total. The maximum absolute atomic E-state index is 5.91. The first kappa shape index (κ1) is 7.74. The Kier molecular flexibility index (Phi) is 3.20. The molecule has 0 atom stereocenters. The van der Waals surface area contributed by atoms with Crippen molar-refractivity contribution in [3.8, 4) is 0 Å². The van der Waals surface area contributed by atoms with Crippen LogP contribution in [0.5, 0.6) is 0 Å². The summed E-state index contributed by atoms with van der Waals surface area (Å²) in [5.74, 6) is 1.90. The van der Waals surface area contributed by atoms with Gasteiger partial charge in [0, 0.05) is 5.38 Å². The Morgan fingerprint density at radius 3 is 2.22 bits per heavy atom. The maximum Gasteiger partial charge on any atom is 0.0336 e. The third-order valence-electron chi connectivity index (χ3n) is 2.03. The molecule has 54 valence electrons. The number of thiol groups is 1. The van der Waals surface area contributed by atoms with Crippen LogP contribution in [-0.2, 0) is 0 Å². The van der Waals surface area contributed by atoms with Gasteiger partial charge in [-0.3, -0.25) is 0 Å². The van der Waals surface area contributed by atoms with Gasteiger partial charge in [-0.15, -0.1) is 11.6 Å². The fourth-order valence-electron chi connectivity index (χ4n) is 1.30. The first-order valence-electron chi connectivity index (χ1n) is 3.58. The highest BCUT2D eigenvalue weighted by atomic mass is 35.5. The summed E-state index contributed by atoms with van der Waals surface area (Å²) in [6.45, 7) is 0. The zero-order chi connectivity index (χ0) is 6.69. The van der Waals surface area contributed by atoms with E-state index < -0.39 is 0 Å². The van der Waals surface area contributed by atoms with E-state index in [1.54, 1.807) is 0 Å². The van der Waals surface area contributed by atoms with Crippen LogP contribution in [0.4, 0.5) is 0 Å². The van der Waals surface area contributed by atoms with Crippen molar-refractivity contribution in [3.63, 3.8) is 0 Å². The second-order valence-corrected chi connectivity index (χ2v) is 3.78. The Morgan fingerprint density at radius 2 is 1.78 bits per heavy atom. The van der Waals surface area contributed by atoms with Crippen LogP contribution in [0.2, 0.25) is 0 Å². The lowest BCUT2D eigenvalue weighted by atomic mass is 9.90. The van der Waals surface area contributed by atoms with Crippen molar-refractivity contribution in [2.45, 2.75) is 31.1 Å². The van der Waals surface area contributed by atoms with Crippen molar-refractivity contribution < 1.29 is 0 Å². The van der Waals surface area contributed by atoms with Crippen LogP contribution in [0.25, 0.3) is 0 Å². The van der Waals surface area contributed by atoms with Crippen LogP contribution in [0.3, 0.4) is 0 Å². The van der Waals surface area contributed by atoms with Crippen LogP contribution in [0, 0.1) is 5.92 Å². The molecule has 0 radical (unpaired) electrons. The third-order valence-corrected chi connectivity index (χ3v) is 2.99. The molecule has 0 bridgehead atoms. The molecule has 0 aromatic rings. The summed E-state index contributed by atoms with van der Waals surface area (Å²) < 4.78 is 0. The van der Waals surface area contributed by atoms with E-state index in [0.717, 1.165) is 11.7 Å². The van der Waals surface area contributed by atoms with Gasteiger partial charge in [0.1, 0.15) is 0 Å². The lowest BCUT2D eigenvalue weighted by Gasteiger charge is -2.22. The first-order valence-corrected chi connectivity index (χ1v) is 4.64. The van der Waals surface area contributed by atoms with Gasteiger partial charge in [-0.2, -0.15) is 12.6 Å². The van der Waals surface area contributed by atoms with E-state index in [1.807, 2.05) is 0 Å². The SMILES string of the molecule is SCC1CCC(Cl)CC1. The van der Waals surface area contributed by atoms with E-state index in [-0.39, 0.29) is 0 Å². The summed E-state index contributed by atoms with van der Waals surface area (Å²) in [7, 11) is 0. The fourth-order valence-corrected chi connectivity index (χ4v) is 1.92. The summed E-state index contributed by atoms with van der Waals surface area (Å²) in [6.07, 6.45) is 4.98. The Morgan fingerprint density at radius 1 is 1.22 bits per heavy atom. The molecule has 0 aliphatic heterocycles. The van der Waals surface area contributed by atoms with Gasteiger partial charge in [-0.1, -0.05) is 0 Å². The van der Waals surface area contributed by atoms with Crippen LogP contribution in [-0.4, -0.2) is 11.1 Å². The molecule has 1 aliphatic carbocycles. The minimum Gasteiger partial charge on any atom is -0.179 e.